The quantitative estimate of drug-likeness (QED) is 0.302. The molecule has 0 aliphatic rings. The molecule has 4 nitrogen and oxygen atoms in total. The minimum absolute atomic E-state index is 0.213. The van der Waals surface area contributed by atoms with Gasteiger partial charge in [-0.15, -0.1) is 0 Å². The van der Waals surface area contributed by atoms with Crippen LogP contribution >= 0.6 is 0 Å². The first-order valence-corrected chi connectivity index (χ1v) is 7.76. The second-order valence-electron chi connectivity index (χ2n) is 5.34. The van der Waals surface area contributed by atoms with Crippen LogP contribution in [-0.2, 0) is 0 Å². The van der Waals surface area contributed by atoms with Crippen molar-refractivity contribution in [2.45, 2.75) is 0 Å². The van der Waals surface area contributed by atoms with Gasteiger partial charge >= 0.3 is 5.97 Å². The molecule has 1 aromatic heterocycles. The number of hydrogen-bond donors (Lipinski definition) is 0. The van der Waals surface area contributed by atoms with Crippen LogP contribution in [0, 0.1) is 17.1 Å². The topological polar surface area (TPSA) is 63.0 Å². The van der Waals surface area contributed by atoms with Crippen LogP contribution in [0.5, 0.6) is 5.75 Å². The van der Waals surface area contributed by atoms with Crippen LogP contribution in [0.25, 0.3) is 11.6 Å². The number of allylic oxidation sites excluding steroid dienone is 1. The SMILES string of the molecule is N#C/C(=C/c1ccc(OC(=O)c2ccncc2)cc1)c1ccccc1F. The van der Waals surface area contributed by atoms with Gasteiger partial charge < -0.3 is 4.74 Å². The highest BCUT2D eigenvalue weighted by Crippen LogP contribution is 2.22. The van der Waals surface area contributed by atoms with Crippen LogP contribution in [0.4, 0.5) is 4.39 Å². The number of esters is 1. The zero-order valence-corrected chi connectivity index (χ0v) is 13.6. The number of carbonyl (C=O) groups excluding carboxylic acids is 1. The smallest absolute Gasteiger partial charge is 0.343 e. The Morgan fingerprint density at radius 2 is 1.73 bits per heavy atom. The molecule has 126 valence electrons. The van der Waals surface area contributed by atoms with Crippen LogP contribution < -0.4 is 4.74 Å². The molecule has 2 aromatic carbocycles. The molecule has 0 aliphatic heterocycles. The monoisotopic (exact) mass is 344 g/mol. The summed E-state index contributed by atoms with van der Waals surface area (Å²) in [6, 6.07) is 17.8. The summed E-state index contributed by atoms with van der Waals surface area (Å²) in [5.74, 6) is -0.573. The second-order valence-corrected chi connectivity index (χ2v) is 5.34. The normalized spacial score (nSPS) is 10.8. The molecule has 0 amide bonds. The minimum Gasteiger partial charge on any atom is -0.423 e. The maximum atomic E-state index is 13.8. The van der Waals surface area contributed by atoms with E-state index in [4.69, 9.17) is 4.74 Å². The van der Waals surface area contributed by atoms with Crippen molar-refractivity contribution in [1.29, 1.82) is 5.26 Å². The van der Waals surface area contributed by atoms with Gasteiger partial charge in [0.15, 0.2) is 0 Å². The molecule has 3 aromatic rings. The molecular formula is C21H13FN2O2. The van der Waals surface area contributed by atoms with Crippen molar-refractivity contribution in [3.05, 3.63) is 95.6 Å². The fourth-order valence-electron chi connectivity index (χ4n) is 2.30. The fraction of sp³-hybridized carbons (Fsp3) is 0. The number of halogens is 1. The average Bonchev–Trinajstić information content (AvgIpc) is 2.69. The van der Waals surface area contributed by atoms with Gasteiger partial charge in [-0.25, -0.2) is 9.18 Å². The van der Waals surface area contributed by atoms with Gasteiger partial charge in [-0.05, 0) is 42.0 Å². The van der Waals surface area contributed by atoms with E-state index in [9.17, 15) is 14.4 Å². The van der Waals surface area contributed by atoms with Crippen molar-refractivity contribution in [2.75, 3.05) is 0 Å². The lowest BCUT2D eigenvalue weighted by molar-refractivity contribution is 0.0734. The molecule has 0 saturated heterocycles. The first kappa shape index (κ1) is 17.1. The van der Waals surface area contributed by atoms with Crippen molar-refractivity contribution in [3.8, 4) is 11.8 Å². The van der Waals surface area contributed by atoms with Gasteiger partial charge in [0, 0.05) is 18.0 Å². The van der Waals surface area contributed by atoms with Gasteiger partial charge in [0.2, 0.25) is 0 Å². The Morgan fingerprint density at radius 3 is 2.38 bits per heavy atom. The second kappa shape index (κ2) is 7.86. The van der Waals surface area contributed by atoms with E-state index in [1.54, 1.807) is 60.7 Å². The van der Waals surface area contributed by atoms with E-state index in [1.165, 1.54) is 18.5 Å². The molecule has 3 rings (SSSR count). The maximum Gasteiger partial charge on any atom is 0.343 e. The van der Waals surface area contributed by atoms with E-state index in [0.29, 0.717) is 16.9 Å². The Kier molecular flexibility index (Phi) is 5.16. The van der Waals surface area contributed by atoms with E-state index in [-0.39, 0.29) is 11.1 Å². The number of rotatable bonds is 4. The van der Waals surface area contributed by atoms with Crippen LogP contribution in [0.15, 0.2) is 73.1 Å². The van der Waals surface area contributed by atoms with Crippen molar-refractivity contribution < 1.29 is 13.9 Å². The third-order valence-electron chi connectivity index (χ3n) is 3.60. The lowest BCUT2D eigenvalue weighted by Crippen LogP contribution is -2.08. The van der Waals surface area contributed by atoms with Crippen LogP contribution in [-0.4, -0.2) is 11.0 Å². The molecule has 1 heterocycles. The molecule has 26 heavy (non-hydrogen) atoms. The van der Waals surface area contributed by atoms with Crippen LogP contribution in [0.2, 0.25) is 0 Å². The summed E-state index contributed by atoms with van der Waals surface area (Å²) < 4.78 is 19.1. The largest absolute Gasteiger partial charge is 0.423 e. The van der Waals surface area contributed by atoms with Gasteiger partial charge in [-0.3, -0.25) is 4.98 Å². The summed E-state index contributed by atoms with van der Waals surface area (Å²) in [6.07, 6.45) is 4.60. The summed E-state index contributed by atoms with van der Waals surface area (Å²) in [6.45, 7) is 0. The first-order valence-electron chi connectivity index (χ1n) is 7.76. The molecular weight excluding hydrogens is 331 g/mol. The molecule has 0 spiro atoms. The average molecular weight is 344 g/mol. The molecule has 0 bridgehead atoms. The van der Waals surface area contributed by atoms with Gasteiger partial charge in [0.25, 0.3) is 0 Å². The molecule has 0 saturated carbocycles. The molecule has 0 fully saturated rings. The lowest BCUT2D eigenvalue weighted by atomic mass is 10.0. The first-order chi connectivity index (χ1) is 12.7. The van der Waals surface area contributed by atoms with E-state index >= 15 is 0 Å². The number of hydrogen-bond acceptors (Lipinski definition) is 4. The van der Waals surface area contributed by atoms with Gasteiger partial charge in [-0.1, -0.05) is 30.3 Å². The molecule has 0 aliphatic carbocycles. The van der Waals surface area contributed by atoms with E-state index < -0.39 is 11.8 Å². The number of carbonyl (C=O) groups is 1. The number of aromatic nitrogens is 1. The van der Waals surface area contributed by atoms with Crippen molar-refractivity contribution in [1.82, 2.24) is 4.98 Å². The zero-order valence-electron chi connectivity index (χ0n) is 13.6. The van der Waals surface area contributed by atoms with Gasteiger partial charge in [0.1, 0.15) is 11.6 Å². The summed E-state index contributed by atoms with van der Waals surface area (Å²) in [4.78, 5) is 15.8. The van der Waals surface area contributed by atoms with Gasteiger partial charge in [-0.2, -0.15) is 5.26 Å². The predicted molar refractivity (Wildman–Crippen MR) is 95.5 cm³/mol. The lowest BCUT2D eigenvalue weighted by Gasteiger charge is -2.05. The zero-order chi connectivity index (χ0) is 18.4. The fourth-order valence-corrected chi connectivity index (χ4v) is 2.30. The number of benzene rings is 2. The summed E-state index contributed by atoms with van der Waals surface area (Å²) in [7, 11) is 0. The Bertz CT molecular complexity index is 991. The molecule has 0 radical (unpaired) electrons. The van der Waals surface area contributed by atoms with Gasteiger partial charge in [0.05, 0.1) is 17.2 Å². The van der Waals surface area contributed by atoms with E-state index in [0.717, 1.165) is 0 Å². The summed E-state index contributed by atoms with van der Waals surface area (Å²) in [5, 5.41) is 9.31. The number of nitriles is 1. The molecule has 0 atom stereocenters. The van der Waals surface area contributed by atoms with E-state index in [1.807, 2.05) is 6.07 Å². The summed E-state index contributed by atoms with van der Waals surface area (Å²) >= 11 is 0. The molecule has 5 heteroatoms. The number of nitrogens with zero attached hydrogens (tertiary/aromatic N) is 2. The standard InChI is InChI=1S/C21H13FN2O2/c22-20-4-2-1-3-19(20)17(14-23)13-15-5-7-18(8-6-15)26-21(25)16-9-11-24-12-10-16/h1-13H/b17-13-. The Balaban J connectivity index is 1.78. The third kappa shape index (κ3) is 4.00. The summed E-state index contributed by atoms with van der Waals surface area (Å²) in [5.41, 5.74) is 1.54. The Labute approximate surface area is 149 Å². The highest BCUT2D eigenvalue weighted by molar-refractivity contribution is 5.91. The van der Waals surface area contributed by atoms with Crippen molar-refractivity contribution in [2.24, 2.45) is 0 Å². The Morgan fingerprint density at radius 1 is 1.04 bits per heavy atom. The van der Waals surface area contributed by atoms with Crippen LogP contribution in [0.1, 0.15) is 21.5 Å². The third-order valence-corrected chi connectivity index (χ3v) is 3.60. The van der Waals surface area contributed by atoms with Crippen LogP contribution in [0.3, 0.4) is 0 Å². The molecule has 0 N–H and O–H groups in total. The van der Waals surface area contributed by atoms with E-state index in [2.05, 4.69) is 4.98 Å². The van der Waals surface area contributed by atoms with Crippen molar-refractivity contribution >= 4 is 17.6 Å². The molecule has 0 unspecified atom stereocenters. The Hall–Kier alpha value is -3.78. The highest BCUT2D eigenvalue weighted by atomic mass is 19.1. The minimum atomic E-state index is -0.486. The van der Waals surface area contributed by atoms with Crippen molar-refractivity contribution in [3.63, 3.8) is 0 Å². The maximum absolute atomic E-state index is 13.8. The number of ether oxygens (including phenoxy) is 1. The number of pyridine rings is 1. The predicted octanol–water partition coefficient (Wildman–Crippen LogP) is 4.50. The highest BCUT2D eigenvalue weighted by Gasteiger charge is 2.09.